The number of alkyl halides is 3. The minimum absolute atomic E-state index is 0.198. The van der Waals surface area contributed by atoms with E-state index in [0.29, 0.717) is 12.0 Å². The predicted octanol–water partition coefficient (Wildman–Crippen LogP) is 3.09. The average Bonchev–Trinajstić information content (AvgIpc) is 3.33. The maximum atomic E-state index is 13.1. The Morgan fingerprint density at radius 1 is 1.00 bits per heavy atom. The number of carbonyl (C=O) groups excluding carboxylic acids is 2. The van der Waals surface area contributed by atoms with E-state index in [-0.39, 0.29) is 23.1 Å². The van der Waals surface area contributed by atoms with E-state index in [2.05, 4.69) is 5.32 Å². The lowest BCUT2D eigenvalue weighted by atomic mass is 10.0. The summed E-state index contributed by atoms with van der Waals surface area (Å²) in [4.78, 5) is 23.2. The van der Waals surface area contributed by atoms with Crippen LogP contribution in [0.4, 0.5) is 13.2 Å². The standard InChI is InChI=1S/C18H15F3N2O2/c19-18(20,21)14-4-2-1-3-12(14)13-9-15(13)23-17(25)11-7-5-10(6-8-11)16(22)24/h1-8,13,15H,9H2,(H2,22,24)(H,23,25)/t13-,15-/m0/s1. The highest BCUT2D eigenvalue weighted by atomic mass is 19.4. The van der Waals surface area contributed by atoms with Gasteiger partial charge in [0.05, 0.1) is 5.56 Å². The first kappa shape index (κ1) is 17.0. The molecule has 2 aromatic rings. The van der Waals surface area contributed by atoms with Gasteiger partial charge in [0, 0.05) is 23.1 Å². The van der Waals surface area contributed by atoms with Crippen LogP contribution in [0.3, 0.4) is 0 Å². The minimum atomic E-state index is -4.42. The molecule has 0 aromatic heterocycles. The second kappa shape index (κ2) is 6.23. The Labute approximate surface area is 141 Å². The van der Waals surface area contributed by atoms with E-state index in [4.69, 9.17) is 5.73 Å². The van der Waals surface area contributed by atoms with Crippen molar-refractivity contribution < 1.29 is 22.8 Å². The molecule has 0 bridgehead atoms. The third-order valence-electron chi connectivity index (χ3n) is 4.20. The van der Waals surface area contributed by atoms with Crippen molar-refractivity contribution >= 4 is 11.8 Å². The van der Waals surface area contributed by atoms with Gasteiger partial charge in [0.1, 0.15) is 0 Å². The zero-order valence-corrected chi connectivity index (χ0v) is 13.0. The Kier molecular flexibility index (Phi) is 4.24. The number of amides is 2. The first-order valence-electron chi connectivity index (χ1n) is 7.64. The molecule has 0 unspecified atom stereocenters. The van der Waals surface area contributed by atoms with E-state index >= 15 is 0 Å². The van der Waals surface area contributed by atoms with Crippen molar-refractivity contribution in [3.8, 4) is 0 Å². The summed E-state index contributed by atoms with van der Waals surface area (Å²) >= 11 is 0. The normalized spacial score (nSPS) is 19.3. The fourth-order valence-electron chi connectivity index (χ4n) is 2.81. The number of primary amides is 1. The molecule has 0 spiro atoms. The highest BCUT2D eigenvalue weighted by Gasteiger charge is 2.44. The molecule has 2 aromatic carbocycles. The van der Waals surface area contributed by atoms with Gasteiger partial charge in [-0.2, -0.15) is 13.2 Å². The molecule has 1 aliphatic carbocycles. The zero-order chi connectivity index (χ0) is 18.2. The van der Waals surface area contributed by atoms with Crippen molar-refractivity contribution in [2.45, 2.75) is 24.6 Å². The second-order valence-corrected chi connectivity index (χ2v) is 5.95. The Balaban J connectivity index is 1.69. The van der Waals surface area contributed by atoms with Gasteiger partial charge >= 0.3 is 6.18 Å². The molecular weight excluding hydrogens is 333 g/mol. The first-order valence-corrected chi connectivity index (χ1v) is 7.64. The van der Waals surface area contributed by atoms with E-state index in [0.717, 1.165) is 6.07 Å². The molecule has 130 valence electrons. The van der Waals surface area contributed by atoms with Crippen molar-refractivity contribution in [2.75, 3.05) is 0 Å². The number of rotatable bonds is 4. The van der Waals surface area contributed by atoms with Gasteiger partial charge in [-0.05, 0) is 42.3 Å². The predicted molar refractivity (Wildman–Crippen MR) is 85.0 cm³/mol. The summed E-state index contributed by atoms with van der Waals surface area (Å²) in [6.45, 7) is 0. The summed E-state index contributed by atoms with van der Waals surface area (Å²) in [6.07, 6.45) is -3.96. The smallest absolute Gasteiger partial charge is 0.366 e. The molecule has 4 nitrogen and oxygen atoms in total. The maximum absolute atomic E-state index is 13.1. The van der Waals surface area contributed by atoms with Gasteiger partial charge in [0.15, 0.2) is 0 Å². The lowest BCUT2D eigenvalue weighted by Gasteiger charge is -2.12. The summed E-state index contributed by atoms with van der Waals surface area (Å²) in [6, 6.07) is 10.8. The van der Waals surface area contributed by atoms with Gasteiger partial charge < -0.3 is 11.1 Å². The molecule has 1 fully saturated rings. The molecule has 0 heterocycles. The Hall–Kier alpha value is -2.83. The van der Waals surface area contributed by atoms with Crippen LogP contribution in [0.15, 0.2) is 48.5 Å². The highest BCUT2D eigenvalue weighted by Crippen LogP contribution is 2.46. The molecule has 2 atom stereocenters. The van der Waals surface area contributed by atoms with Crippen LogP contribution < -0.4 is 11.1 Å². The quantitative estimate of drug-likeness (QED) is 0.891. The molecule has 0 radical (unpaired) electrons. The van der Waals surface area contributed by atoms with E-state index in [1.165, 1.54) is 36.4 Å². The Morgan fingerprint density at radius 3 is 2.20 bits per heavy atom. The minimum Gasteiger partial charge on any atom is -0.366 e. The van der Waals surface area contributed by atoms with Crippen LogP contribution in [0.5, 0.6) is 0 Å². The number of carbonyl (C=O) groups is 2. The molecule has 3 rings (SSSR count). The Bertz CT molecular complexity index is 816. The molecule has 1 saturated carbocycles. The molecule has 0 saturated heterocycles. The SMILES string of the molecule is NC(=O)c1ccc(C(=O)N[C@H]2C[C@H]2c2ccccc2C(F)(F)F)cc1. The fraction of sp³-hybridized carbons (Fsp3) is 0.222. The van der Waals surface area contributed by atoms with Crippen molar-refractivity contribution in [2.24, 2.45) is 5.73 Å². The van der Waals surface area contributed by atoms with Crippen LogP contribution in [0.25, 0.3) is 0 Å². The van der Waals surface area contributed by atoms with Gasteiger partial charge in [0.25, 0.3) is 5.91 Å². The van der Waals surface area contributed by atoms with Crippen LogP contribution in [0, 0.1) is 0 Å². The molecule has 2 amide bonds. The molecule has 1 aliphatic rings. The fourth-order valence-corrected chi connectivity index (χ4v) is 2.81. The van der Waals surface area contributed by atoms with E-state index < -0.39 is 23.6 Å². The zero-order valence-electron chi connectivity index (χ0n) is 13.0. The van der Waals surface area contributed by atoms with Gasteiger partial charge in [-0.1, -0.05) is 18.2 Å². The monoisotopic (exact) mass is 348 g/mol. The molecule has 3 N–H and O–H groups in total. The molecule has 25 heavy (non-hydrogen) atoms. The van der Waals surface area contributed by atoms with Crippen LogP contribution in [0.2, 0.25) is 0 Å². The lowest BCUT2D eigenvalue weighted by molar-refractivity contribution is -0.138. The molecular formula is C18H15F3N2O2. The van der Waals surface area contributed by atoms with Gasteiger partial charge in [-0.25, -0.2) is 0 Å². The van der Waals surface area contributed by atoms with Crippen LogP contribution in [0.1, 0.15) is 44.2 Å². The number of nitrogens with one attached hydrogen (secondary N) is 1. The lowest BCUT2D eigenvalue weighted by Crippen LogP contribution is -2.27. The molecule has 7 heteroatoms. The Morgan fingerprint density at radius 2 is 1.60 bits per heavy atom. The number of nitrogens with two attached hydrogens (primary N) is 1. The van der Waals surface area contributed by atoms with Gasteiger partial charge in [0.2, 0.25) is 5.91 Å². The number of benzene rings is 2. The third-order valence-corrected chi connectivity index (χ3v) is 4.20. The first-order chi connectivity index (χ1) is 11.8. The summed E-state index contributed by atoms with van der Waals surface area (Å²) in [7, 11) is 0. The number of halogens is 3. The second-order valence-electron chi connectivity index (χ2n) is 5.95. The summed E-state index contributed by atoms with van der Waals surface area (Å²) < 4.78 is 39.2. The van der Waals surface area contributed by atoms with Crippen molar-refractivity contribution in [3.05, 3.63) is 70.8 Å². The van der Waals surface area contributed by atoms with Crippen LogP contribution in [-0.4, -0.2) is 17.9 Å². The van der Waals surface area contributed by atoms with Crippen LogP contribution in [-0.2, 0) is 6.18 Å². The number of hydrogen-bond acceptors (Lipinski definition) is 2. The van der Waals surface area contributed by atoms with Crippen LogP contribution >= 0.6 is 0 Å². The van der Waals surface area contributed by atoms with Crippen molar-refractivity contribution in [3.63, 3.8) is 0 Å². The van der Waals surface area contributed by atoms with Crippen molar-refractivity contribution in [1.82, 2.24) is 5.32 Å². The highest BCUT2D eigenvalue weighted by molar-refractivity contribution is 5.97. The summed E-state index contributed by atoms with van der Waals surface area (Å²) in [5.74, 6) is -1.35. The number of hydrogen-bond donors (Lipinski definition) is 2. The largest absolute Gasteiger partial charge is 0.416 e. The third kappa shape index (κ3) is 3.65. The van der Waals surface area contributed by atoms with Gasteiger partial charge in [-0.3, -0.25) is 9.59 Å². The van der Waals surface area contributed by atoms with E-state index in [9.17, 15) is 22.8 Å². The topological polar surface area (TPSA) is 72.2 Å². The maximum Gasteiger partial charge on any atom is 0.416 e. The molecule has 0 aliphatic heterocycles. The van der Waals surface area contributed by atoms with E-state index in [1.54, 1.807) is 6.07 Å². The summed E-state index contributed by atoms with van der Waals surface area (Å²) in [5, 5.41) is 2.72. The van der Waals surface area contributed by atoms with Gasteiger partial charge in [-0.15, -0.1) is 0 Å². The van der Waals surface area contributed by atoms with Crippen molar-refractivity contribution in [1.29, 1.82) is 0 Å². The van der Waals surface area contributed by atoms with E-state index in [1.807, 2.05) is 0 Å². The summed E-state index contributed by atoms with van der Waals surface area (Å²) in [5.41, 5.74) is 5.26. The average molecular weight is 348 g/mol.